The molecule has 0 aromatic heterocycles. The van der Waals surface area contributed by atoms with Gasteiger partial charge in [0.1, 0.15) is 11.6 Å². The third-order valence-corrected chi connectivity index (χ3v) is 6.84. The molecule has 27 heavy (non-hydrogen) atoms. The Kier molecular flexibility index (Phi) is 5.79. The summed E-state index contributed by atoms with van der Waals surface area (Å²) in [5.41, 5.74) is 1.26. The molecule has 1 unspecified atom stereocenters. The van der Waals surface area contributed by atoms with Crippen LogP contribution in [0.25, 0.3) is 0 Å². The third-order valence-electron chi connectivity index (χ3n) is 4.73. The molecule has 0 N–H and O–H groups in total. The molecule has 1 heterocycles. The first kappa shape index (κ1) is 19.4. The van der Waals surface area contributed by atoms with Gasteiger partial charge >= 0.3 is 0 Å². The quantitative estimate of drug-likeness (QED) is 0.804. The first-order valence-electron chi connectivity index (χ1n) is 8.80. The van der Waals surface area contributed by atoms with Crippen LogP contribution in [0.4, 0.5) is 4.39 Å². The summed E-state index contributed by atoms with van der Waals surface area (Å²) < 4.78 is 44.8. The number of hydrogen-bond donors (Lipinski definition) is 0. The van der Waals surface area contributed by atoms with Crippen LogP contribution < -0.4 is 4.74 Å². The maximum absolute atomic E-state index is 14.1. The van der Waals surface area contributed by atoms with Crippen molar-refractivity contribution in [3.8, 4) is 5.75 Å². The maximum atomic E-state index is 14.1. The van der Waals surface area contributed by atoms with E-state index in [1.54, 1.807) is 18.2 Å². The van der Waals surface area contributed by atoms with Gasteiger partial charge in [0.25, 0.3) is 5.91 Å². The maximum Gasteiger partial charge on any atom is 0.260 e. The molecular weight excluding hydrogens is 369 g/mol. The Morgan fingerprint density at radius 1 is 1.15 bits per heavy atom. The number of amides is 1. The number of halogens is 1. The highest BCUT2D eigenvalue weighted by Gasteiger charge is 2.34. The van der Waals surface area contributed by atoms with E-state index in [9.17, 15) is 17.6 Å². The number of benzene rings is 2. The topological polar surface area (TPSA) is 63.7 Å². The number of rotatable bonds is 4. The number of ether oxygens (including phenoxy) is 1. The number of carbonyl (C=O) groups excluding carboxylic acids is 1. The predicted molar refractivity (Wildman–Crippen MR) is 101 cm³/mol. The highest BCUT2D eigenvalue weighted by Crippen LogP contribution is 2.31. The summed E-state index contributed by atoms with van der Waals surface area (Å²) in [6, 6.07) is 13.2. The van der Waals surface area contributed by atoms with Crippen LogP contribution >= 0.6 is 0 Å². The third kappa shape index (κ3) is 4.66. The minimum atomic E-state index is -3.55. The van der Waals surface area contributed by atoms with Crippen LogP contribution in [-0.4, -0.2) is 44.7 Å². The summed E-state index contributed by atoms with van der Waals surface area (Å²) in [5, 5.41) is -0.936. The summed E-state index contributed by atoms with van der Waals surface area (Å²) in [7, 11) is -3.55. The highest BCUT2D eigenvalue weighted by atomic mass is 32.2. The number of nitrogens with zero attached hydrogens (tertiary/aromatic N) is 1. The molecule has 1 atom stereocenters. The van der Waals surface area contributed by atoms with Crippen LogP contribution in [0.2, 0.25) is 0 Å². The molecule has 0 aliphatic carbocycles. The molecule has 0 saturated carbocycles. The van der Waals surface area contributed by atoms with Gasteiger partial charge in [-0.05, 0) is 31.5 Å². The van der Waals surface area contributed by atoms with Crippen LogP contribution in [0, 0.1) is 12.7 Å². The molecule has 1 fully saturated rings. The summed E-state index contributed by atoms with van der Waals surface area (Å²) in [6.45, 7) is 2.13. The van der Waals surface area contributed by atoms with Gasteiger partial charge in [0.2, 0.25) is 0 Å². The predicted octanol–water partition coefficient (Wildman–Crippen LogP) is 2.90. The number of hydrogen-bond acceptors (Lipinski definition) is 4. The van der Waals surface area contributed by atoms with Gasteiger partial charge in [-0.15, -0.1) is 0 Å². The minimum Gasteiger partial charge on any atom is -0.484 e. The van der Waals surface area contributed by atoms with Crippen molar-refractivity contribution < 1.29 is 22.3 Å². The molecule has 3 rings (SSSR count). The van der Waals surface area contributed by atoms with Crippen molar-refractivity contribution in [3.05, 3.63) is 65.5 Å². The average Bonchev–Trinajstić information content (AvgIpc) is 2.80. The Hall–Kier alpha value is -2.41. The fourth-order valence-corrected chi connectivity index (χ4v) is 4.95. The molecular formula is C20H22FNO4S. The Balaban J connectivity index is 1.67. The molecule has 0 spiro atoms. The zero-order valence-corrected chi connectivity index (χ0v) is 15.9. The van der Waals surface area contributed by atoms with Crippen molar-refractivity contribution in [1.29, 1.82) is 0 Å². The van der Waals surface area contributed by atoms with Crippen molar-refractivity contribution in [2.75, 3.05) is 25.4 Å². The molecule has 1 saturated heterocycles. The van der Waals surface area contributed by atoms with Gasteiger partial charge in [-0.3, -0.25) is 4.79 Å². The summed E-state index contributed by atoms with van der Waals surface area (Å²) in [5.74, 6) is -0.420. The SMILES string of the molecule is Cc1ccc(OCC(=O)N2CCC(c3ccccc3F)S(=O)(=O)CC2)cc1. The lowest BCUT2D eigenvalue weighted by Crippen LogP contribution is -2.37. The minimum absolute atomic E-state index is 0.0867. The molecule has 144 valence electrons. The van der Waals surface area contributed by atoms with E-state index in [1.807, 2.05) is 19.1 Å². The molecule has 5 nitrogen and oxygen atoms in total. The van der Waals surface area contributed by atoms with E-state index in [2.05, 4.69) is 0 Å². The van der Waals surface area contributed by atoms with Crippen molar-refractivity contribution in [1.82, 2.24) is 4.90 Å². The Morgan fingerprint density at radius 2 is 1.85 bits per heavy atom. The fraction of sp³-hybridized carbons (Fsp3) is 0.350. The van der Waals surface area contributed by atoms with Crippen molar-refractivity contribution in [2.45, 2.75) is 18.6 Å². The van der Waals surface area contributed by atoms with Crippen LogP contribution in [0.1, 0.15) is 22.8 Å². The van der Waals surface area contributed by atoms with E-state index < -0.39 is 20.9 Å². The van der Waals surface area contributed by atoms with Gasteiger partial charge in [-0.2, -0.15) is 0 Å². The lowest BCUT2D eigenvalue weighted by Gasteiger charge is -2.20. The number of aryl methyl sites for hydroxylation is 1. The lowest BCUT2D eigenvalue weighted by molar-refractivity contribution is -0.133. The van der Waals surface area contributed by atoms with Crippen molar-refractivity contribution in [2.24, 2.45) is 0 Å². The summed E-state index contributed by atoms with van der Waals surface area (Å²) in [6.07, 6.45) is 0.166. The first-order chi connectivity index (χ1) is 12.9. The number of carbonyl (C=O) groups is 1. The van der Waals surface area contributed by atoms with Gasteiger partial charge in [0.15, 0.2) is 16.4 Å². The van der Waals surface area contributed by atoms with Gasteiger partial charge < -0.3 is 9.64 Å². The van der Waals surface area contributed by atoms with Crippen molar-refractivity contribution >= 4 is 15.7 Å². The average molecular weight is 391 g/mol. The molecule has 2 aromatic rings. The van der Waals surface area contributed by atoms with Gasteiger partial charge in [0, 0.05) is 18.7 Å². The second-order valence-corrected chi connectivity index (χ2v) is 8.95. The monoisotopic (exact) mass is 391 g/mol. The fourth-order valence-electron chi connectivity index (χ4n) is 3.15. The van der Waals surface area contributed by atoms with Crippen LogP contribution in [0.3, 0.4) is 0 Å². The molecule has 1 aliphatic heterocycles. The zero-order valence-electron chi connectivity index (χ0n) is 15.1. The Bertz CT molecular complexity index is 912. The van der Waals surface area contributed by atoms with E-state index in [0.717, 1.165) is 5.56 Å². The van der Waals surface area contributed by atoms with Crippen LogP contribution in [0.15, 0.2) is 48.5 Å². The molecule has 1 aliphatic rings. The van der Waals surface area contributed by atoms with E-state index in [4.69, 9.17) is 4.74 Å². The zero-order chi connectivity index (χ0) is 19.4. The second-order valence-electron chi connectivity index (χ2n) is 6.65. The molecule has 7 heteroatoms. The van der Waals surface area contributed by atoms with Crippen molar-refractivity contribution in [3.63, 3.8) is 0 Å². The Morgan fingerprint density at radius 3 is 2.56 bits per heavy atom. The largest absolute Gasteiger partial charge is 0.484 e. The standard InChI is InChI=1S/C20H22FNO4S/c1-15-6-8-16(9-7-15)26-14-20(23)22-11-10-19(27(24,25)13-12-22)17-4-2-3-5-18(17)21/h2-9,19H,10-14H2,1H3. The molecule has 1 amide bonds. The second kappa shape index (κ2) is 8.08. The van der Waals surface area contributed by atoms with E-state index in [1.165, 1.54) is 23.1 Å². The summed E-state index contributed by atoms with van der Waals surface area (Å²) >= 11 is 0. The van der Waals surface area contributed by atoms with Crippen LogP contribution in [0.5, 0.6) is 5.75 Å². The van der Waals surface area contributed by atoms with Gasteiger partial charge in [0.05, 0.1) is 11.0 Å². The first-order valence-corrected chi connectivity index (χ1v) is 10.5. The normalized spacial score (nSPS) is 19.3. The van der Waals surface area contributed by atoms with Crippen LogP contribution in [-0.2, 0) is 14.6 Å². The number of sulfone groups is 1. The highest BCUT2D eigenvalue weighted by molar-refractivity contribution is 7.91. The van der Waals surface area contributed by atoms with Gasteiger partial charge in [-0.1, -0.05) is 35.9 Å². The summed E-state index contributed by atoms with van der Waals surface area (Å²) in [4.78, 5) is 13.9. The molecule has 0 bridgehead atoms. The molecule has 2 aromatic carbocycles. The smallest absolute Gasteiger partial charge is 0.260 e. The molecule has 0 radical (unpaired) electrons. The Labute approximate surface area is 158 Å². The van der Waals surface area contributed by atoms with E-state index in [0.29, 0.717) is 5.75 Å². The van der Waals surface area contributed by atoms with E-state index in [-0.39, 0.29) is 43.3 Å². The van der Waals surface area contributed by atoms with E-state index >= 15 is 0 Å². The van der Waals surface area contributed by atoms with Gasteiger partial charge in [-0.25, -0.2) is 12.8 Å². The lowest BCUT2D eigenvalue weighted by atomic mass is 10.1.